The second kappa shape index (κ2) is 6.57. The van der Waals surface area contributed by atoms with Crippen LogP contribution < -0.4 is 4.90 Å². The van der Waals surface area contributed by atoms with E-state index >= 15 is 0 Å². The van der Waals surface area contributed by atoms with Gasteiger partial charge in [-0.3, -0.25) is 4.79 Å². The Morgan fingerprint density at radius 3 is 2.91 bits per heavy atom. The number of fused-ring (bicyclic) bond motifs is 1. The summed E-state index contributed by atoms with van der Waals surface area (Å²) in [5, 5.41) is 0.554. The molecule has 1 aromatic carbocycles. The number of carbonyl (C=O) groups excluding carboxylic acids is 1. The third-order valence-corrected chi connectivity index (χ3v) is 7.54. The van der Waals surface area contributed by atoms with Gasteiger partial charge in [-0.05, 0) is 24.6 Å². The summed E-state index contributed by atoms with van der Waals surface area (Å²) >= 11 is 4.85. The summed E-state index contributed by atoms with van der Waals surface area (Å²) in [5.74, 6) is 0.101. The predicted molar refractivity (Wildman–Crippen MR) is 97.8 cm³/mol. The average molecular weight is 417 g/mol. The summed E-state index contributed by atoms with van der Waals surface area (Å²) in [6, 6.07) is 7.49. The van der Waals surface area contributed by atoms with Gasteiger partial charge in [-0.1, -0.05) is 40.7 Å². The van der Waals surface area contributed by atoms with E-state index < -0.39 is 9.84 Å². The van der Waals surface area contributed by atoms with Gasteiger partial charge in [0.2, 0.25) is 5.91 Å². The number of nitrogens with zero attached hydrogens (tertiary/aromatic N) is 2. The Labute approximate surface area is 148 Å². The van der Waals surface area contributed by atoms with Crippen LogP contribution in [0.2, 0.25) is 0 Å². The van der Waals surface area contributed by atoms with Crippen LogP contribution >= 0.6 is 27.7 Å². The first kappa shape index (κ1) is 17.0. The molecule has 23 heavy (non-hydrogen) atoms. The van der Waals surface area contributed by atoms with Crippen LogP contribution in [0.25, 0.3) is 0 Å². The average Bonchev–Trinajstić information content (AvgIpc) is 2.89. The molecule has 3 rings (SSSR count). The lowest BCUT2D eigenvalue weighted by Crippen LogP contribution is -2.37. The minimum absolute atomic E-state index is 0.0628. The first-order valence-electron chi connectivity index (χ1n) is 7.43. The Balaban J connectivity index is 1.99. The molecule has 8 heteroatoms. The van der Waals surface area contributed by atoms with E-state index in [1.165, 1.54) is 11.8 Å². The monoisotopic (exact) mass is 416 g/mol. The van der Waals surface area contributed by atoms with Gasteiger partial charge in [0.15, 0.2) is 15.0 Å². The van der Waals surface area contributed by atoms with Gasteiger partial charge in [-0.15, -0.1) is 0 Å². The van der Waals surface area contributed by atoms with Crippen molar-refractivity contribution >= 4 is 54.3 Å². The molecule has 2 aliphatic rings. The van der Waals surface area contributed by atoms with E-state index in [0.29, 0.717) is 11.6 Å². The highest BCUT2D eigenvalue weighted by atomic mass is 79.9. The number of aliphatic imine (C=N–C) groups is 1. The number of rotatable bonds is 3. The molecule has 0 radical (unpaired) electrons. The molecule has 1 aromatic rings. The Morgan fingerprint density at radius 1 is 1.43 bits per heavy atom. The third-order valence-electron chi connectivity index (χ3n) is 3.84. The topological polar surface area (TPSA) is 66.8 Å². The highest BCUT2D eigenvalue weighted by Gasteiger charge is 2.49. The van der Waals surface area contributed by atoms with E-state index in [1.807, 2.05) is 36.1 Å². The van der Waals surface area contributed by atoms with Crippen molar-refractivity contribution in [1.82, 2.24) is 0 Å². The van der Waals surface area contributed by atoms with Crippen LogP contribution in [-0.4, -0.2) is 42.3 Å². The van der Waals surface area contributed by atoms with E-state index in [0.717, 1.165) is 16.6 Å². The van der Waals surface area contributed by atoms with Crippen LogP contribution in [0.5, 0.6) is 0 Å². The fourth-order valence-corrected chi connectivity index (χ4v) is 7.19. The number of thioether (sulfide) groups is 1. The zero-order valence-electron chi connectivity index (χ0n) is 12.6. The number of amides is 1. The van der Waals surface area contributed by atoms with E-state index in [9.17, 15) is 13.2 Å². The Morgan fingerprint density at radius 2 is 2.22 bits per heavy atom. The molecular formula is C15H17BrN2O3S2. The molecule has 2 fully saturated rings. The quantitative estimate of drug-likeness (QED) is 0.757. The van der Waals surface area contributed by atoms with Crippen molar-refractivity contribution < 1.29 is 13.2 Å². The molecule has 0 aromatic heterocycles. The predicted octanol–water partition coefficient (Wildman–Crippen LogP) is 2.85. The zero-order valence-corrected chi connectivity index (χ0v) is 15.8. The standard InChI is InChI=1S/C15H17BrN2O3S2/c1-2-4-14(19)17-15-18(11-6-3-5-10(16)7-11)12-8-23(20,21)9-13(12)22-15/h3,5-7,12-13H,2,4,8-9H2,1H3/t12-,13-/m1/s1. The molecule has 2 heterocycles. The van der Waals surface area contributed by atoms with Crippen LogP contribution in [0, 0.1) is 0 Å². The van der Waals surface area contributed by atoms with Crippen molar-refractivity contribution in [2.24, 2.45) is 4.99 Å². The van der Waals surface area contributed by atoms with Crippen LogP contribution in [0.1, 0.15) is 19.8 Å². The van der Waals surface area contributed by atoms with E-state index in [4.69, 9.17) is 0 Å². The number of benzene rings is 1. The molecule has 2 atom stereocenters. The molecule has 124 valence electrons. The van der Waals surface area contributed by atoms with Crippen molar-refractivity contribution in [1.29, 1.82) is 0 Å². The van der Waals surface area contributed by atoms with Gasteiger partial charge in [0.1, 0.15) is 0 Å². The van der Waals surface area contributed by atoms with Crippen LogP contribution in [0.4, 0.5) is 5.69 Å². The molecule has 1 amide bonds. The highest BCUT2D eigenvalue weighted by molar-refractivity contribution is 9.10. The van der Waals surface area contributed by atoms with Crippen molar-refractivity contribution in [3.8, 4) is 0 Å². The molecule has 0 aliphatic carbocycles. The van der Waals surface area contributed by atoms with Crippen molar-refractivity contribution in [2.75, 3.05) is 16.4 Å². The summed E-state index contributed by atoms with van der Waals surface area (Å²) < 4.78 is 24.8. The van der Waals surface area contributed by atoms with Crippen LogP contribution in [0.3, 0.4) is 0 Å². The normalized spacial score (nSPS) is 27.4. The summed E-state index contributed by atoms with van der Waals surface area (Å²) in [4.78, 5) is 18.1. The molecule has 2 saturated heterocycles. The molecule has 2 aliphatic heterocycles. The number of carbonyl (C=O) groups is 1. The summed E-state index contributed by atoms with van der Waals surface area (Å²) in [7, 11) is -3.03. The number of hydrogen-bond acceptors (Lipinski definition) is 4. The number of anilines is 1. The summed E-state index contributed by atoms with van der Waals surface area (Å²) in [5.41, 5.74) is 0.861. The van der Waals surface area contributed by atoms with Gasteiger partial charge in [-0.2, -0.15) is 4.99 Å². The molecule has 0 spiro atoms. The fraction of sp³-hybridized carbons (Fsp3) is 0.467. The van der Waals surface area contributed by atoms with Gasteiger partial charge < -0.3 is 4.90 Å². The lowest BCUT2D eigenvalue weighted by atomic mass is 10.2. The van der Waals surface area contributed by atoms with E-state index in [-0.39, 0.29) is 28.7 Å². The molecule has 0 N–H and O–H groups in total. The summed E-state index contributed by atoms with van der Waals surface area (Å²) in [6.45, 7) is 1.94. The molecule has 0 bridgehead atoms. The molecule has 0 saturated carbocycles. The lowest BCUT2D eigenvalue weighted by Gasteiger charge is -2.24. The van der Waals surface area contributed by atoms with Crippen LogP contribution in [0.15, 0.2) is 33.7 Å². The maximum Gasteiger partial charge on any atom is 0.248 e. The van der Waals surface area contributed by atoms with Gasteiger partial charge in [0.25, 0.3) is 0 Å². The second-order valence-electron chi connectivity index (χ2n) is 5.69. The maximum atomic E-state index is 12.0. The Bertz CT molecular complexity index is 764. The molecular weight excluding hydrogens is 400 g/mol. The number of amidine groups is 1. The Kier molecular flexibility index (Phi) is 4.85. The van der Waals surface area contributed by atoms with Crippen molar-refractivity contribution in [2.45, 2.75) is 31.1 Å². The van der Waals surface area contributed by atoms with Gasteiger partial charge in [0.05, 0.1) is 17.5 Å². The van der Waals surface area contributed by atoms with Gasteiger partial charge in [0, 0.05) is 21.8 Å². The van der Waals surface area contributed by atoms with E-state index in [1.54, 1.807) is 0 Å². The number of sulfone groups is 1. The maximum absolute atomic E-state index is 12.0. The third kappa shape index (κ3) is 3.64. The Hall–Kier alpha value is -0.860. The minimum atomic E-state index is -3.03. The zero-order chi connectivity index (χ0) is 16.6. The largest absolute Gasteiger partial charge is 0.316 e. The SMILES string of the molecule is CCCC(=O)N=C1S[C@@H]2CS(=O)(=O)C[C@H]2N1c1cccc(Br)c1. The van der Waals surface area contributed by atoms with Crippen LogP contribution in [-0.2, 0) is 14.6 Å². The highest BCUT2D eigenvalue weighted by Crippen LogP contribution is 2.41. The van der Waals surface area contributed by atoms with Gasteiger partial charge in [-0.25, -0.2) is 8.42 Å². The molecule has 0 unspecified atom stereocenters. The first-order chi connectivity index (χ1) is 10.9. The number of hydrogen-bond donors (Lipinski definition) is 0. The van der Waals surface area contributed by atoms with Gasteiger partial charge >= 0.3 is 0 Å². The fourth-order valence-electron chi connectivity index (χ4n) is 2.87. The minimum Gasteiger partial charge on any atom is -0.316 e. The van der Waals surface area contributed by atoms with Crippen molar-refractivity contribution in [3.05, 3.63) is 28.7 Å². The van der Waals surface area contributed by atoms with E-state index in [2.05, 4.69) is 20.9 Å². The van der Waals surface area contributed by atoms with Crippen molar-refractivity contribution in [3.63, 3.8) is 0 Å². The molecule has 5 nitrogen and oxygen atoms in total. The first-order valence-corrected chi connectivity index (χ1v) is 10.9. The smallest absolute Gasteiger partial charge is 0.248 e. The number of halogens is 1. The lowest BCUT2D eigenvalue weighted by molar-refractivity contribution is -0.117. The summed E-state index contributed by atoms with van der Waals surface area (Å²) in [6.07, 6.45) is 1.16. The second-order valence-corrected chi connectivity index (χ2v) is 9.96.